The maximum atomic E-state index is 7.80. The van der Waals surface area contributed by atoms with Crippen molar-refractivity contribution in [2.24, 2.45) is 11.7 Å². The Morgan fingerprint density at radius 3 is 2.26 bits per heavy atom. The molecule has 1 aliphatic heterocycles. The molecule has 202 valence electrons. The summed E-state index contributed by atoms with van der Waals surface area (Å²) < 4.78 is 2.45. The van der Waals surface area contributed by atoms with Crippen LogP contribution in [0.5, 0.6) is 0 Å². The first-order chi connectivity index (χ1) is 20.6. The lowest BCUT2D eigenvalue weighted by molar-refractivity contribution is 0.855. The van der Waals surface area contributed by atoms with E-state index in [1.807, 2.05) is 0 Å². The predicted octanol–water partition coefficient (Wildman–Crippen LogP) is 7.30. The summed E-state index contributed by atoms with van der Waals surface area (Å²) in [6.45, 7) is 2.48. The highest BCUT2D eigenvalue weighted by Crippen LogP contribution is 2.39. The fourth-order valence-corrected chi connectivity index (χ4v) is 10.0. The lowest BCUT2D eigenvalue weighted by Crippen LogP contribution is -2.35. The molecule has 2 atom stereocenters. The fraction of sp³-hybridized carbons (Fsp3) is 0.0789. The Morgan fingerprint density at radius 2 is 1.45 bits per heavy atom. The quantitative estimate of drug-likeness (QED) is 0.133. The van der Waals surface area contributed by atoms with Crippen LogP contribution in [0.4, 0.5) is 0 Å². The van der Waals surface area contributed by atoms with Gasteiger partial charge in [-0.15, -0.1) is 0 Å². The van der Waals surface area contributed by atoms with Gasteiger partial charge in [-0.25, -0.2) is 0 Å². The molecule has 0 saturated carbocycles. The van der Waals surface area contributed by atoms with Crippen LogP contribution >= 0.6 is 0 Å². The zero-order valence-electron chi connectivity index (χ0n) is 23.5. The van der Waals surface area contributed by atoms with E-state index in [9.17, 15) is 0 Å². The van der Waals surface area contributed by atoms with Gasteiger partial charge in [-0.2, -0.15) is 0 Å². The maximum Gasteiger partial charge on any atom is 0.102 e. The minimum atomic E-state index is -1.33. The summed E-state index contributed by atoms with van der Waals surface area (Å²) in [6, 6.07) is 40.4. The van der Waals surface area contributed by atoms with Crippen molar-refractivity contribution in [2.45, 2.75) is 13.0 Å². The molecule has 2 heterocycles. The SMILES string of the molecule is C[SiH]1c2ccccc2-c2cccc(-c3ccccc3-n3c4ccccc4c4cc(C5=CCC(C(=N)N)C=C5)ccc43)c21. The molecule has 0 saturated heterocycles. The molecule has 2 aliphatic rings. The van der Waals surface area contributed by atoms with Crippen LogP contribution in [-0.2, 0) is 0 Å². The third-order valence-corrected chi connectivity index (χ3v) is 12.1. The monoisotopic (exact) mass is 557 g/mol. The van der Waals surface area contributed by atoms with Gasteiger partial charge in [-0.1, -0.05) is 115 Å². The van der Waals surface area contributed by atoms with Crippen molar-refractivity contribution >= 4 is 52.4 Å². The van der Waals surface area contributed by atoms with Crippen LogP contribution in [0.1, 0.15) is 12.0 Å². The molecule has 8 rings (SSSR count). The van der Waals surface area contributed by atoms with Gasteiger partial charge < -0.3 is 10.3 Å². The molecule has 5 aromatic carbocycles. The van der Waals surface area contributed by atoms with Gasteiger partial charge in [0.05, 0.1) is 22.6 Å². The average Bonchev–Trinajstić information content (AvgIpc) is 3.53. The van der Waals surface area contributed by atoms with Gasteiger partial charge in [0.1, 0.15) is 8.80 Å². The molecule has 3 nitrogen and oxygen atoms in total. The van der Waals surface area contributed by atoms with E-state index >= 15 is 0 Å². The van der Waals surface area contributed by atoms with Crippen LogP contribution < -0.4 is 16.1 Å². The summed E-state index contributed by atoms with van der Waals surface area (Å²) in [5.41, 5.74) is 17.2. The average molecular weight is 558 g/mol. The molecule has 4 heteroatoms. The number of nitrogens with one attached hydrogen (secondary N) is 1. The second kappa shape index (κ2) is 9.57. The van der Waals surface area contributed by atoms with Gasteiger partial charge in [0.2, 0.25) is 0 Å². The van der Waals surface area contributed by atoms with Gasteiger partial charge in [0.15, 0.2) is 0 Å². The van der Waals surface area contributed by atoms with Gasteiger partial charge in [0, 0.05) is 22.3 Å². The Bertz CT molecular complexity index is 2130. The molecule has 0 fully saturated rings. The minimum absolute atomic E-state index is 0.00565. The first kappa shape index (κ1) is 24.8. The maximum absolute atomic E-state index is 7.80. The van der Waals surface area contributed by atoms with E-state index in [1.54, 1.807) is 10.4 Å². The van der Waals surface area contributed by atoms with E-state index in [0.29, 0.717) is 0 Å². The summed E-state index contributed by atoms with van der Waals surface area (Å²) in [4.78, 5) is 0. The Kier molecular flexibility index (Phi) is 5.66. The number of rotatable bonds is 4. The Hall–Kier alpha value is -4.93. The number of hydrogen-bond donors (Lipinski definition) is 2. The van der Waals surface area contributed by atoms with Crippen molar-refractivity contribution in [3.05, 3.63) is 133 Å². The van der Waals surface area contributed by atoms with Gasteiger partial charge in [-0.05, 0) is 63.7 Å². The smallest absolute Gasteiger partial charge is 0.102 e. The Morgan fingerprint density at radius 1 is 0.762 bits per heavy atom. The number of benzene rings is 5. The van der Waals surface area contributed by atoms with Gasteiger partial charge in [0.25, 0.3) is 0 Å². The number of aromatic nitrogens is 1. The molecular weight excluding hydrogens is 527 g/mol. The summed E-state index contributed by atoms with van der Waals surface area (Å²) in [5, 5.41) is 13.4. The van der Waals surface area contributed by atoms with Crippen molar-refractivity contribution < 1.29 is 0 Å². The van der Waals surface area contributed by atoms with E-state index in [1.165, 1.54) is 60.9 Å². The molecule has 6 aromatic rings. The standard InChI is InChI=1S/C38H31N3Si/c1-42-36-16-7-4-11-29(36)31-13-8-12-30(37(31)42)27-9-2-5-14-33(27)41-34-15-6-3-10-28(34)32-23-26(21-22-35(32)41)24-17-19-25(20-18-24)38(39)40/h2-19,21-23,25,42H,20H2,1H3,(H3,39,40). The number of nitrogens with zero attached hydrogens (tertiary/aromatic N) is 1. The highest BCUT2D eigenvalue weighted by atomic mass is 28.3. The molecule has 1 aliphatic carbocycles. The number of nitrogens with two attached hydrogens (primary N) is 1. The number of fused-ring (bicyclic) bond motifs is 6. The number of hydrogen-bond acceptors (Lipinski definition) is 1. The molecule has 0 radical (unpaired) electrons. The van der Waals surface area contributed by atoms with Crippen molar-refractivity contribution in [1.29, 1.82) is 5.41 Å². The van der Waals surface area contributed by atoms with Crippen molar-refractivity contribution in [2.75, 3.05) is 0 Å². The first-order valence-electron chi connectivity index (χ1n) is 14.7. The largest absolute Gasteiger partial charge is 0.387 e. The molecule has 2 unspecified atom stereocenters. The Labute approximate surface area is 247 Å². The van der Waals surface area contributed by atoms with Crippen molar-refractivity contribution in [3.63, 3.8) is 0 Å². The first-order valence-corrected chi connectivity index (χ1v) is 17.0. The summed E-state index contributed by atoms with van der Waals surface area (Å²) in [6.07, 6.45) is 7.15. The molecular formula is C38H31N3Si. The van der Waals surface area contributed by atoms with Crippen molar-refractivity contribution in [3.8, 4) is 27.9 Å². The van der Waals surface area contributed by atoms with Gasteiger partial charge >= 0.3 is 0 Å². The molecule has 42 heavy (non-hydrogen) atoms. The number of para-hydroxylation sites is 2. The number of amidine groups is 1. The summed E-state index contributed by atoms with van der Waals surface area (Å²) in [7, 11) is -1.33. The molecule has 0 amide bonds. The van der Waals surface area contributed by atoms with E-state index in [2.05, 4.69) is 139 Å². The molecule has 1 aromatic heterocycles. The number of allylic oxidation sites excluding steroid dienone is 3. The minimum Gasteiger partial charge on any atom is -0.387 e. The van der Waals surface area contributed by atoms with Crippen LogP contribution in [0, 0.1) is 11.3 Å². The summed E-state index contributed by atoms with van der Waals surface area (Å²) >= 11 is 0. The van der Waals surface area contributed by atoms with E-state index in [4.69, 9.17) is 11.1 Å². The van der Waals surface area contributed by atoms with Crippen LogP contribution in [0.2, 0.25) is 6.55 Å². The van der Waals surface area contributed by atoms with Crippen LogP contribution in [0.25, 0.3) is 55.3 Å². The van der Waals surface area contributed by atoms with Gasteiger partial charge in [-0.3, -0.25) is 5.41 Å². The topological polar surface area (TPSA) is 54.8 Å². The van der Waals surface area contributed by atoms with Crippen LogP contribution in [0.15, 0.2) is 127 Å². The second-order valence-electron chi connectivity index (χ2n) is 11.5. The van der Waals surface area contributed by atoms with Crippen LogP contribution in [0.3, 0.4) is 0 Å². The molecule has 0 bridgehead atoms. The zero-order chi connectivity index (χ0) is 28.4. The second-order valence-corrected chi connectivity index (χ2v) is 14.1. The molecule has 0 spiro atoms. The van der Waals surface area contributed by atoms with Crippen molar-refractivity contribution in [1.82, 2.24) is 4.57 Å². The van der Waals surface area contributed by atoms with Crippen LogP contribution in [-0.4, -0.2) is 19.2 Å². The molecule has 3 N–H and O–H groups in total. The Balaban J connectivity index is 1.32. The normalized spacial score (nSPS) is 17.3. The van der Waals surface area contributed by atoms with E-state index in [-0.39, 0.29) is 11.8 Å². The van der Waals surface area contributed by atoms with E-state index < -0.39 is 8.80 Å². The van der Waals surface area contributed by atoms with E-state index in [0.717, 1.165) is 6.42 Å². The lowest BCUT2D eigenvalue weighted by Gasteiger charge is -2.18. The zero-order valence-corrected chi connectivity index (χ0v) is 24.7. The predicted molar refractivity (Wildman–Crippen MR) is 181 cm³/mol. The highest BCUT2D eigenvalue weighted by molar-refractivity contribution is 6.89. The third kappa shape index (κ3) is 3.69. The third-order valence-electron chi connectivity index (χ3n) is 9.20. The fourth-order valence-electron chi connectivity index (χ4n) is 7.15. The highest BCUT2D eigenvalue weighted by Gasteiger charge is 2.29. The summed E-state index contributed by atoms with van der Waals surface area (Å²) in [5.74, 6) is 0.220. The lowest BCUT2D eigenvalue weighted by atomic mass is 9.92.